The van der Waals surface area contributed by atoms with Crippen LogP contribution < -0.4 is 0 Å². The smallest absolute Gasteiger partial charge is 0.234 e. The molecule has 0 bridgehead atoms. The van der Waals surface area contributed by atoms with Gasteiger partial charge in [0.25, 0.3) is 0 Å². The zero-order valence-corrected chi connectivity index (χ0v) is 9.10. The zero-order chi connectivity index (χ0) is 10.4. The van der Waals surface area contributed by atoms with Crippen LogP contribution >= 0.6 is 11.8 Å². The average Bonchev–Trinajstić information content (AvgIpc) is 2.19. The summed E-state index contributed by atoms with van der Waals surface area (Å²) >= 11 is 1.60. The monoisotopic (exact) mass is 211 g/mol. The van der Waals surface area contributed by atoms with E-state index in [1.54, 1.807) is 18.0 Å². The van der Waals surface area contributed by atoms with E-state index in [2.05, 4.69) is 9.97 Å². The van der Waals surface area contributed by atoms with Gasteiger partial charge in [-0.3, -0.25) is 10.4 Å². The van der Waals surface area contributed by atoms with Crippen molar-refractivity contribution in [3.8, 4) is 0 Å². The molecule has 0 fully saturated rings. The molecule has 0 saturated heterocycles. The van der Waals surface area contributed by atoms with Crippen molar-refractivity contribution >= 4 is 17.7 Å². The molecule has 14 heavy (non-hydrogen) atoms. The highest BCUT2D eigenvalue weighted by molar-refractivity contribution is 7.99. The standard InChI is InChI=1S/C9H13N3OS/c1-3-13-9(10)7-5-11-6-8(12-7)14-4-2/h5-6,10H,3-4H2,1-2H3. The lowest BCUT2D eigenvalue weighted by Gasteiger charge is -2.04. The fraction of sp³-hybridized carbons (Fsp3) is 0.444. The molecule has 1 N–H and O–H groups in total. The van der Waals surface area contributed by atoms with Crippen molar-refractivity contribution in [1.82, 2.24) is 9.97 Å². The Labute approximate surface area is 87.6 Å². The van der Waals surface area contributed by atoms with Gasteiger partial charge in [0.1, 0.15) is 10.7 Å². The summed E-state index contributed by atoms with van der Waals surface area (Å²) in [5.74, 6) is 1.03. The molecule has 0 aliphatic rings. The van der Waals surface area contributed by atoms with Crippen LogP contribution in [0, 0.1) is 5.41 Å². The second-order valence-electron chi connectivity index (χ2n) is 2.44. The fourth-order valence-electron chi connectivity index (χ4n) is 0.893. The number of hydrogen-bond acceptors (Lipinski definition) is 5. The third-order valence-electron chi connectivity index (χ3n) is 1.43. The predicted octanol–water partition coefficient (Wildman–Crippen LogP) is 1.95. The summed E-state index contributed by atoms with van der Waals surface area (Å²) in [6.07, 6.45) is 3.23. The van der Waals surface area contributed by atoms with Gasteiger partial charge in [-0.05, 0) is 12.7 Å². The van der Waals surface area contributed by atoms with E-state index in [-0.39, 0.29) is 5.90 Å². The first-order valence-corrected chi connectivity index (χ1v) is 5.43. The number of thioether (sulfide) groups is 1. The molecule has 0 amide bonds. The highest BCUT2D eigenvalue weighted by atomic mass is 32.2. The van der Waals surface area contributed by atoms with Gasteiger partial charge >= 0.3 is 0 Å². The molecular weight excluding hydrogens is 198 g/mol. The molecular formula is C9H13N3OS. The maximum absolute atomic E-state index is 7.52. The normalized spacial score (nSPS) is 9.86. The molecule has 0 spiro atoms. The SMILES string of the molecule is CCOC(=N)c1cncc(SCC)n1. The summed E-state index contributed by atoms with van der Waals surface area (Å²) in [5, 5.41) is 8.35. The van der Waals surface area contributed by atoms with Gasteiger partial charge in [0.15, 0.2) is 0 Å². The topological polar surface area (TPSA) is 58.9 Å². The highest BCUT2D eigenvalue weighted by Gasteiger charge is 2.05. The van der Waals surface area contributed by atoms with Crippen molar-refractivity contribution in [3.05, 3.63) is 18.1 Å². The van der Waals surface area contributed by atoms with Crippen LogP contribution in [-0.4, -0.2) is 28.2 Å². The highest BCUT2D eigenvalue weighted by Crippen LogP contribution is 2.13. The van der Waals surface area contributed by atoms with Crippen molar-refractivity contribution < 1.29 is 4.74 Å². The number of ether oxygens (including phenoxy) is 1. The molecule has 0 aliphatic carbocycles. The second-order valence-corrected chi connectivity index (χ2v) is 3.72. The predicted molar refractivity (Wildman–Crippen MR) is 56.9 cm³/mol. The molecule has 1 aromatic heterocycles. The van der Waals surface area contributed by atoms with Crippen LogP contribution in [0.15, 0.2) is 17.4 Å². The van der Waals surface area contributed by atoms with Gasteiger partial charge in [-0.15, -0.1) is 11.8 Å². The summed E-state index contributed by atoms with van der Waals surface area (Å²) in [6.45, 7) is 4.37. The van der Waals surface area contributed by atoms with Crippen LogP contribution in [0.4, 0.5) is 0 Å². The van der Waals surface area contributed by atoms with Gasteiger partial charge in [0.05, 0.1) is 19.0 Å². The van der Waals surface area contributed by atoms with Crippen molar-refractivity contribution in [1.29, 1.82) is 5.41 Å². The van der Waals surface area contributed by atoms with Crippen molar-refractivity contribution in [2.24, 2.45) is 0 Å². The molecule has 76 valence electrons. The molecule has 1 heterocycles. The quantitative estimate of drug-likeness (QED) is 0.470. The maximum atomic E-state index is 7.52. The first-order chi connectivity index (χ1) is 6.77. The van der Waals surface area contributed by atoms with Crippen LogP contribution in [0.5, 0.6) is 0 Å². The molecule has 0 radical (unpaired) electrons. The van der Waals surface area contributed by atoms with Gasteiger partial charge in [0.2, 0.25) is 5.90 Å². The minimum absolute atomic E-state index is 0.0820. The third kappa shape index (κ3) is 2.99. The zero-order valence-electron chi connectivity index (χ0n) is 8.28. The van der Waals surface area contributed by atoms with E-state index in [0.29, 0.717) is 12.3 Å². The van der Waals surface area contributed by atoms with Crippen molar-refractivity contribution in [2.75, 3.05) is 12.4 Å². The summed E-state index contributed by atoms with van der Waals surface area (Å²) in [7, 11) is 0. The molecule has 4 nitrogen and oxygen atoms in total. The number of hydrogen-bond donors (Lipinski definition) is 1. The molecule has 1 aromatic rings. The second kappa shape index (κ2) is 5.59. The van der Waals surface area contributed by atoms with Crippen LogP contribution in [0.2, 0.25) is 0 Å². The van der Waals surface area contributed by atoms with E-state index < -0.39 is 0 Å². The summed E-state index contributed by atoms with van der Waals surface area (Å²) in [6, 6.07) is 0. The molecule has 5 heteroatoms. The largest absolute Gasteiger partial charge is 0.477 e. The first-order valence-electron chi connectivity index (χ1n) is 4.44. The van der Waals surface area contributed by atoms with Crippen LogP contribution in [0.25, 0.3) is 0 Å². The van der Waals surface area contributed by atoms with Gasteiger partial charge in [-0.2, -0.15) is 0 Å². The Balaban J connectivity index is 2.77. The van der Waals surface area contributed by atoms with Gasteiger partial charge in [-0.25, -0.2) is 4.98 Å². The Hall–Kier alpha value is -1.10. The molecule has 0 unspecified atom stereocenters. The van der Waals surface area contributed by atoms with Crippen LogP contribution in [-0.2, 0) is 4.74 Å². The van der Waals surface area contributed by atoms with Gasteiger partial charge < -0.3 is 4.74 Å². The van der Waals surface area contributed by atoms with E-state index in [0.717, 1.165) is 10.8 Å². The summed E-state index contributed by atoms with van der Waals surface area (Å²) in [4.78, 5) is 8.23. The van der Waals surface area contributed by atoms with E-state index in [1.165, 1.54) is 6.20 Å². The third-order valence-corrected chi connectivity index (χ3v) is 2.21. The number of aromatic nitrogens is 2. The Morgan fingerprint density at radius 2 is 2.29 bits per heavy atom. The maximum Gasteiger partial charge on any atom is 0.234 e. The Kier molecular flexibility index (Phi) is 4.39. The average molecular weight is 211 g/mol. The minimum Gasteiger partial charge on any atom is -0.477 e. The van der Waals surface area contributed by atoms with Gasteiger partial charge in [-0.1, -0.05) is 6.92 Å². The Morgan fingerprint density at radius 3 is 2.93 bits per heavy atom. The first kappa shape index (κ1) is 11.0. The summed E-state index contributed by atoms with van der Waals surface area (Å²) < 4.78 is 5.03. The molecule has 0 atom stereocenters. The van der Waals surface area contributed by atoms with Crippen LogP contribution in [0.3, 0.4) is 0 Å². The van der Waals surface area contributed by atoms with E-state index in [9.17, 15) is 0 Å². The van der Waals surface area contributed by atoms with E-state index in [1.807, 2.05) is 13.8 Å². The van der Waals surface area contributed by atoms with E-state index in [4.69, 9.17) is 10.1 Å². The van der Waals surface area contributed by atoms with E-state index >= 15 is 0 Å². The molecule has 1 rings (SSSR count). The lowest BCUT2D eigenvalue weighted by atomic mass is 10.4. The van der Waals surface area contributed by atoms with Crippen molar-refractivity contribution in [3.63, 3.8) is 0 Å². The fourth-order valence-corrected chi connectivity index (χ4v) is 1.49. The van der Waals surface area contributed by atoms with Gasteiger partial charge in [0, 0.05) is 0 Å². The van der Waals surface area contributed by atoms with Crippen LogP contribution in [0.1, 0.15) is 19.5 Å². The number of nitrogens with one attached hydrogen (secondary N) is 1. The Bertz CT molecular complexity index is 317. The molecule has 0 aromatic carbocycles. The Morgan fingerprint density at radius 1 is 1.50 bits per heavy atom. The lowest BCUT2D eigenvalue weighted by Crippen LogP contribution is -2.08. The molecule has 0 saturated carbocycles. The number of nitrogens with zero attached hydrogens (tertiary/aromatic N) is 2. The molecule has 0 aliphatic heterocycles. The van der Waals surface area contributed by atoms with Crippen molar-refractivity contribution in [2.45, 2.75) is 18.9 Å². The summed E-state index contributed by atoms with van der Waals surface area (Å²) in [5.41, 5.74) is 0.491. The number of rotatable bonds is 4. The lowest BCUT2D eigenvalue weighted by molar-refractivity contribution is 0.324. The minimum atomic E-state index is 0.0820.